The van der Waals surface area contributed by atoms with Crippen molar-refractivity contribution in [3.63, 3.8) is 0 Å². The van der Waals surface area contributed by atoms with Crippen LogP contribution in [0.15, 0.2) is 36.4 Å². The molecule has 1 heterocycles. The Morgan fingerprint density at radius 3 is 2.48 bits per heavy atom. The van der Waals surface area contributed by atoms with E-state index >= 15 is 0 Å². The maximum absolute atomic E-state index is 13.6. The largest absolute Gasteiger partial charge is 0.486 e. The first-order valence-electron chi connectivity index (χ1n) is 8.46. The minimum atomic E-state index is -1.15. The highest BCUT2D eigenvalue weighted by molar-refractivity contribution is 6.00. The van der Waals surface area contributed by atoms with E-state index in [4.69, 9.17) is 14.2 Å². The van der Waals surface area contributed by atoms with Crippen LogP contribution in [0.1, 0.15) is 17.3 Å². The number of carbonyl (C=O) groups is 2. The summed E-state index contributed by atoms with van der Waals surface area (Å²) in [6.45, 7) is 1.81. The number of nitro benzene ring substituents is 1. The van der Waals surface area contributed by atoms with E-state index in [1.54, 1.807) is 0 Å². The third kappa shape index (κ3) is 4.51. The number of halogens is 1. The maximum atomic E-state index is 13.6. The molecule has 2 amide bonds. The lowest BCUT2D eigenvalue weighted by molar-refractivity contribution is -0.385. The van der Waals surface area contributed by atoms with E-state index in [9.17, 15) is 24.1 Å². The summed E-state index contributed by atoms with van der Waals surface area (Å²) in [7, 11) is 0. The lowest BCUT2D eigenvalue weighted by Crippen LogP contribution is -2.47. The van der Waals surface area contributed by atoms with Gasteiger partial charge in [0, 0.05) is 6.07 Å². The number of nitro groups is 1. The fourth-order valence-electron chi connectivity index (χ4n) is 2.48. The maximum Gasteiger partial charge on any atom is 0.286 e. The van der Waals surface area contributed by atoms with Gasteiger partial charge in [0.15, 0.2) is 29.2 Å². The van der Waals surface area contributed by atoms with Crippen LogP contribution in [0.5, 0.6) is 17.2 Å². The average molecular weight is 405 g/mol. The predicted molar refractivity (Wildman–Crippen MR) is 96.2 cm³/mol. The molecular formula is C18H16FN3O7. The normalized spacial score (nSPS) is 13.2. The van der Waals surface area contributed by atoms with Crippen molar-refractivity contribution in [1.29, 1.82) is 0 Å². The zero-order valence-electron chi connectivity index (χ0n) is 15.1. The second-order valence-corrected chi connectivity index (χ2v) is 5.90. The van der Waals surface area contributed by atoms with Gasteiger partial charge < -0.3 is 14.2 Å². The minimum absolute atomic E-state index is 0.135. The van der Waals surface area contributed by atoms with E-state index in [2.05, 4.69) is 10.9 Å². The number of hydrazine groups is 1. The Morgan fingerprint density at radius 2 is 1.83 bits per heavy atom. The van der Waals surface area contributed by atoms with Gasteiger partial charge in [0.25, 0.3) is 17.5 Å². The van der Waals surface area contributed by atoms with Crippen molar-refractivity contribution in [2.75, 3.05) is 13.2 Å². The summed E-state index contributed by atoms with van der Waals surface area (Å²) in [5.74, 6) is -2.20. The number of nitrogens with one attached hydrogen (secondary N) is 2. The van der Waals surface area contributed by atoms with Gasteiger partial charge in [0.2, 0.25) is 0 Å². The number of rotatable bonds is 5. The van der Waals surface area contributed by atoms with Crippen molar-refractivity contribution < 1.29 is 33.1 Å². The second kappa shape index (κ2) is 8.42. The molecule has 2 N–H and O–H groups in total. The zero-order valence-corrected chi connectivity index (χ0v) is 15.1. The first-order valence-corrected chi connectivity index (χ1v) is 8.46. The van der Waals surface area contributed by atoms with Crippen LogP contribution in [0.3, 0.4) is 0 Å². The quantitative estimate of drug-likeness (QED) is 0.572. The Bertz CT molecular complexity index is 966. The van der Waals surface area contributed by atoms with Gasteiger partial charge in [-0.25, -0.2) is 4.39 Å². The van der Waals surface area contributed by atoms with Crippen molar-refractivity contribution in [2.45, 2.75) is 13.0 Å². The first-order chi connectivity index (χ1) is 13.9. The molecule has 1 atom stereocenters. The van der Waals surface area contributed by atoms with Gasteiger partial charge in [-0.2, -0.15) is 0 Å². The number of para-hydroxylation sites is 1. The SMILES string of the molecule is CC(Oc1ccccc1F)C(=O)NNC(=O)c1cc2c(cc1[N+](=O)[O-])OCCO2. The second-order valence-electron chi connectivity index (χ2n) is 5.90. The van der Waals surface area contributed by atoms with Gasteiger partial charge in [0.1, 0.15) is 18.8 Å². The number of hydrogen-bond donors (Lipinski definition) is 2. The highest BCUT2D eigenvalue weighted by Gasteiger charge is 2.27. The molecule has 1 aliphatic heterocycles. The average Bonchev–Trinajstić information content (AvgIpc) is 2.72. The molecular weight excluding hydrogens is 389 g/mol. The van der Waals surface area contributed by atoms with Crippen molar-refractivity contribution in [3.8, 4) is 17.2 Å². The van der Waals surface area contributed by atoms with Gasteiger partial charge >= 0.3 is 0 Å². The topological polar surface area (TPSA) is 129 Å². The molecule has 0 aliphatic carbocycles. The zero-order chi connectivity index (χ0) is 21.0. The van der Waals surface area contributed by atoms with Crippen molar-refractivity contribution in [1.82, 2.24) is 10.9 Å². The lowest BCUT2D eigenvalue weighted by atomic mass is 10.1. The van der Waals surface area contributed by atoms with Crippen molar-refractivity contribution in [2.24, 2.45) is 0 Å². The summed E-state index contributed by atoms with van der Waals surface area (Å²) >= 11 is 0. The predicted octanol–water partition coefficient (Wildman–Crippen LogP) is 1.73. The number of fused-ring (bicyclic) bond motifs is 1. The van der Waals surface area contributed by atoms with Crippen molar-refractivity contribution >= 4 is 17.5 Å². The summed E-state index contributed by atoms with van der Waals surface area (Å²) in [6, 6.07) is 7.75. The molecule has 0 fully saturated rings. The molecule has 2 aromatic carbocycles. The van der Waals surface area contributed by atoms with Crippen LogP contribution in [0.4, 0.5) is 10.1 Å². The van der Waals surface area contributed by atoms with Crippen LogP contribution < -0.4 is 25.1 Å². The molecule has 29 heavy (non-hydrogen) atoms. The van der Waals surface area contributed by atoms with Crippen LogP contribution in [0.25, 0.3) is 0 Å². The van der Waals surface area contributed by atoms with Gasteiger partial charge in [-0.05, 0) is 19.1 Å². The van der Waals surface area contributed by atoms with Crippen LogP contribution in [-0.2, 0) is 4.79 Å². The highest BCUT2D eigenvalue weighted by atomic mass is 19.1. The van der Waals surface area contributed by atoms with E-state index in [0.717, 1.165) is 12.1 Å². The number of benzene rings is 2. The molecule has 0 spiro atoms. The monoisotopic (exact) mass is 405 g/mol. The number of carbonyl (C=O) groups excluding carboxylic acids is 2. The Balaban J connectivity index is 1.68. The van der Waals surface area contributed by atoms with Gasteiger partial charge in [-0.15, -0.1) is 0 Å². The fraction of sp³-hybridized carbons (Fsp3) is 0.222. The number of amides is 2. The van der Waals surface area contributed by atoms with Crippen LogP contribution in [0.2, 0.25) is 0 Å². The fourth-order valence-corrected chi connectivity index (χ4v) is 2.48. The van der Waals surface area contributed by atoms with Crippen LogP contribution >= 0.6 is 0 Å². The third-order valence-corrected chi connectivity index (χ3v) is 3.91. The number of hydrogen-bond acceptors (Lipinski definition) is 7. The molecule has 2 aromatic rings. The Hall–Kier alpha value is -3.89. The first kappa shape index (κ1) is 19.9. The number of ether oxygens (including phenoxy) is 3. The molecule has 0 saturated carbocycles. The molecule has 3 rings (SSSR count). The standard InChI is InChI=1S/C18H16FN3O7/c1-10(29-14-5-3-2-4-12(14)19)17(23)20-21-18(24)11-8-15-16(28-7-6-27-15)9-13(11)22(25)26/h2-5,8-10H,6-7H2,1H3,(H,20,23)(H,21,24). The molecule has 0 aromatic heterocycles. The van der Waals surface area contributed by atoms with Crippen LogP contribution in [-0.4, -0.2) is 36.1 Å². The molecule has 0 radical (unpaired) electrons. The highest BCUT2D eigenvalue weighted by Crippen LogP contribution is 2.36. The molecule has 0 bridgehead atoms. The summed E-state index contributed by atoms with van der Waals surface area (Å²) < 4.78 is 29.4. The van der Waals surface area contributed by atoms with E-state index in [0.29, 0.717) is 0 Å². The lowest BCUT2D eigenvalue weighted by Gasteiger charge is -2.19. The summed E-state index contributed by atoms with van der Waals surface area (Å²) in [5, 5.41) is 11.3. The summed E-state index contributed by atoms with van der Waals surface area (Å²) in [4.78, 5) is 35.0. The van der Waals surface area contributed by atoms with E-state index in [-0.39, 0.29) is 36.0 Å². The Labute approximate surface area is 163 Å². The molecule has 152 valence electrons. The molecule has 10 nitrogen and oxygen atoms in total. The molecule has 0 saturated heterocycles. The molecule has 1 aliphatic rings. The Kier molecular flexibility index (Phi) is 5.77. The summed E-state index contributed by atoms with van der Waals surface area (Å²) in [5.41, 5.74) is 3.31. The van der Waals surface area contributed by atoms with Gasteiger partial charge in [0.05, 0.1) is 11.0 Å². The van der Waals surface area contributed by atoms with Crippen LogP contribution in [0, 0.1) is 15.9 Å². The minimum Gasteiger partial charge on any atom is -0.486 e. The van der Waals surface area contributed by atoms with E-state index in [1.165, 1.54) is 31.2 Å². The van der Waals surface area contributed by atoms with Crippen molar-refractivity contribution in [3.05, 3.63) is 57.9 Å². The van der Waals surface area contributed by atoms with Gasteiger partial charge in [-0.1, -0.05) is 12.1 Å². The third-order valence-electron chi connectivity index (χ3n) is 3.91. The number of nitrogens with zero attached hydrogens (tertiary/aromatic N) is 1. The Morgan fingerprint density at radius 1 is 1.17 bits per heavy atom. The summed E-state index contributed by atoms with van der Waals surface area (Å²) in [6.07, 6.45) is -1.15. The smallest absolute Gasteiger partial charge is 0.286 e. The molecule has 11 heteroatoms. The molecule has 1 unspecified atom stereocenters. The van der Waals surface area contributed by atoms with E-state index < -0.39 is 34.3 Å². The van der Waals surface area contributed by atoms with E-state index in [1.807, 2.05) is 0 Å². The van der Waals surface area contributed by atoms with Gasteiger partial charge in [-0.3, -0.25) is 30.6 Å².